The van der Waals surface area contributed by atoms with Gasteiger partial charge in [0.15, 0.2) is 0 Å². The maximum absolute atomic E-state index is 12.5. The Morgan fingerprint density at radius 2 is 1.70 bits per heavy atom. The molecule has 1 aromatic heterocycles. The lowest BCUT2D eigenvalue weighted by Gasteiger charge is -2.19. The van der Waals surface area contributed by atoms with Crippen LogP contribution in [-0.2, 0) is 10.0 Å². The monoisotopic (exact) mass is 292 g/mol. The van der Waals surface area contributed by atoms with E-state index in [0.29, 0.717) is 23.0 Å². The van der Waals surface area contributed by atoms with Crippen molar-refractivity contribution in [2.24, 2.45) is 0 Å². The molecule has 0 bridgehead atoms. The summed E-state index contributed by atoms with van der Waals surface area (Å²) in [5.41, 5.74) is 6.80. The Balaban J connectivity index is 2.45. The summed E-state index contributed by atoms with van der Waals surface area (Å²) < 4.78 is 26.1. The number of anilines is 2. The third-order valence-corrected chi connectivity index (χ3v) is 4.59. The van der Waals surface area contributed by atoms with Gasteiger partial charge in [-0.2, -0.15) is 0 Å². The Morgan fingerprint density at radius 3 is 2.25 bits per heavy atom. The molecule has 2 N–H and O–H groups in total. The van der Waals surface area contributed by atoms with Crippen molar-refractivity contribution in [1.29, 1.82) is 0 Å². The van der Waals surface area contributed by atoms with Gasteiger partial charge in [0.05, 0.1) is 4.90 Å². The lowest BCUT2D eigenvalue weighted by molar-refractivity contribution is 0.594. The molecular weight excluding hydrogens is 276 g/mol. The second kappa shape index (κ2) is 5.09. The number of aryl methyl sites for hydroxylation is 2. The van der Waals surface area contributed by atoms with E-state index in [1.165, 1.54) is 19.2 Å². The standard InChI is InChI=1S/C13H16N4O2S/c1-9-8-13(16-10(2)15-9)17(3)20(18,19)12-6-4-11(14)5-7-12/h4-8H,14H2,1-3H3. The molecular formula is C13H16N4O2S. The van der Waals surface area contributed by atoms with Gasteiger partial charge < -0.3 is 5.73 Å². The molecule has 0 unspecified atom stereocenters. The first-order chi connectivity index (χ1) is 9.30. The van der Waals surface area contributed by atoms with Gasteiger partial charge in [-0.25, -0.2) is 18.4 Å². The van der Waals surface area contributed by atoms with Crippen LogP contribution in [0.3, 0.4) is 0 Å². The zero-order valence-electron chi connectivity index (χ0n) is 11.5. The molecule has 0 fully saturated rings. The van der Waals surface area contributed by atoms with Crippen LogP contribution < -0.4 is 10.0 Å². The Bertz CT molecular complexity index is 706. The van der Waals surface area contributed by atoms with Gasteiger partial charge in [0, 0.05) is 24.5 Å². The molecule has 2 rings (SSSR count). The lowest BCUT2D eigenvalue weighted by atomic mass is 10.3. The second-order valence-corrected chi connectivity index (χ2v) is 6.43. The minimum Gasteiger partial charge on any atom is -0.399 e. The van der Waals surface area contributed by atoms with E-state index in [1.54, 1.807) is 32.0 Å². The van der Waals surface area contributed by atoms with Crippen LogP contribution in [-0.4, -0.2) is 25.4 Å². The van der Waals surface area contributed by atoms with Crippen LogP contribution >= 0.6 is 0 Å². The molecule has 0 aliphatic heterocycles. The van der Waals surface area contributed by atoms with Crippen molar-refractivity contribution in [2.75, 3.05) is 17.1 Å². The molecule has 6 nitrogen and oxygen atoms in total. The molecule has 0 radical (unpaired) electrons. The molecule has 1 aromatic carbocycles. The Kier molecular flexibility index (Phi) is 3.63. The van der Waals surface area contributed by atoms with Gasteiger partial charge in [-0.1, -0.05) is 0 Å². The number of nitrogens with zero attached hydrogens (tertiary/aromatic N) is 3. The fourth-order valence-electron chi connectivity index (χ4n) is 1.78. The van der Waals surface area contributed by atoms with Crippen LogP contribution in [0.25, 0.3) is 0 Å². The van der Waals surface area contributed by atoms with Gasteiger partial charge in [-0.05, 0) is 38.1 Å². The van der Waals surface area contributed by atoms with Gasteiger partial charge in [-0.15, -0.1) is 0 Å². The van der Waals surface area contributed by atoms with E-state index in [4.69, 9.17) is 5.73 Å². The Hall–Kier alpha value is -2.15. The quantitative estimate of drug-likeness (QED) is 0.866. The Morgan fingerprint density at radius 1 is 1.10 bits per heavy atom. The molecule has 0 aliphatic rings. The number of hydrogen-bond donors (Lipinski definition) is 1. The highest BCUT2D eigenvalue weighted by Gasteiger charge is 2.22. The molecule has 20 heavy (non-hydrogen) atoms. The van der Waals surface area contributed by atoms with E-state index in [-0.39, 0.29) is 4.90 Å². The van der Waals surface area contributed by atoms with E-state index >= 15 is 0 Å². The normalized spacial score (nSPS) is 11.3. The number of nitrogens with two attached hydrogens (primary N) is 1. The summed E-state index contributed by atoms with van der Waals surface area (Å²) in [6.45, 7) is 3.52. The van der Waals surface area contributed by atoms with Crippen LogP contribution in [0.4, 0.5) is 11.5 Å². The maximum Gasteiger partial charge on any atom is 0.265 e. The summed E-state index contributed by atoms with van der Waals surface area (Å²) in [7, 11) is -2.19. The van der Waals surface area contributed by atoms with Crippen molar-refractivity contribution in [1.82, 2.24) is 9.97 Å². The van der Waals surface area contributed by atoms with Gasteiger partial charge in [0.25, 0.3) is 10.0 Å². The summed E-state index contributed by atoms with van der Waals surface area (Å²) in [5, 5.41) is 0. The van der Waals surface area contributed by atoms with Crippen molar-refractivity contribution in [3.05, 3.63) is 41.9 Å². The van der Waals surface area contributed by atoms with E-state index in [9.17, 15) is 8.42 Å². The number of aromatic nitrogens is 2. The summed E-state index contributed by atoms with van der Waals surface area (Å²) in [4.78, 5) is 8.46. The van der Waals surface area contributed by atoms with Gasteiger partial charge in [-0.3, -0.25) is 4.31 Å². The van der Waals surface area contributed by atoms with Gasteiger partial charge in [0.2, 0.25) is 0 Å². The van der Waals surface area contributed by atoms with Crippen molar-refractivity contribution < 1.29 is 8.42 Å². The lowest BCUT2D eigenvalue weighted by Crippen LogP contribution is -2.27. The predicted molar refractivity (Wildman–Crippen MR) is 77.9 cm³/mol. The summed E-state index contributed by atoms with van der Waals surface area (Å²) in [6, 6.07) is 7.68. The summed E-state index contributed by atoms with van der Waals surface area (Å²) in [6.07, 6.45) is 0. The van der Waals surface area contributed by atoms with Gasteiger partial charge in [0.1, 0.15) is 11.6 Å². The van der Waals surface area contributed by atoms with Crippen LogP contribution in [0.15, 0.2) is 35.2 Å². The molecule has 0 aliphatic carbocycles. The number of benzene rings is 1. The first kappa shape index (κ1) is 14.3. The first-order valence-corrected chi connectivity index (χ1v) is 7.41. The number of hydrogen-bond acceptors (Lipinski definition) is 5. The number of sulfonamides is 1. The van der Waals surface area contributed by atoms with E-state index in [1.807, 2.05) is 0 Å². The number of nitrogen functional groups attached to an aromatic ring is 1. The van der Waals surface area contributed by atoms with Gasteiger partial charge >= 0.3 is 0 Å². The average molecular weight is 292 g/mol. The SMILES string of the molecule is Cc1cc(N(C)S(=O)(=O)c2ccc(N)cc2)nc(C)n1. The molecule has 1 heterocycles. The summed E-state index contributed by atoms with van der Waals surface area (Å²) in [5.74, 6) is 0.867. The largest absolute Gasteiger partial charge is 0.399 e. The average Bonchev–Trinajstić information content (AvgIpc) is 2.37. The van der Waals surface area contributed by atoms with E-state index in [2.05, 4.69) is 9.97 Å². The fourth-order valence-corrected chi connectivity index (χ4v) is 2.92. The smallest absolute Gasteiger partial charge is 0.265 e. The second-order valence-electron chi connectivity index (χ2n) is 4.46. The van der Waals surface area contributed by atoms with Crippen LogP contribution in [0, 0.1) is 13.8 Å². The number of rotatable bonds is 3. The highest BCUT2D eigenvalue weighted by atomic mass is 32.2. The maximum atomic E-state index is 12.5. The molecule has 106 valence electrons. The minimum atomic E-state index is -3.65. The highest BCUT2D eigenvalue weighted by Crippen LogP contribution is 2.21. The topological polar surface area (TPSA) is 89.2 Å². The third-order valence-electron chi connectivity index (χ3n) is 2.81. The first-order valence-electron chi connectivity index (χ1n) is 5.97. The van der Waals surface area contributed by atoms with Crippen molar-refractivity contribution in [3.8, 4) is 0 Å². The van der Waals surface area contributed by atoms with Crippen LogP contribution in [0.1, 0.15) is 11.5 Å². The molecule has 7 heteroatoms. The minimum absolute atomic E-state index is 0.170. The van der Waals surface area contributed by atoms with Crippen molar-refractivity contribution in [2.45, 2.75) is 18.7 Å². The summed E-state index contributed by atoms with van der Waals surface area (Å²) >= 11 is 0. The molecule has 0 amide bonds. The third kappa shape index (κ3) is 2.72. The molecule has 0 spiro atoms. The molecule has 0 saturated heterocycles. The van der Waals surface area contributed by atoms with E-state index < -0.39 is 10.0 Å². The zero-order valence-corrected chi connectivity index (χ0v) is 12.3. The molecule has 2 aromatic rings. The van der Waals surface area contributed by atoms with Crippen molar-refractivity contribution >= 4 is 21.5 Å². The van der Waals surface area contributed by atoms with Crippen LogP contribution in [0.2, 0.25) is 0 Å². The van der Waals surface area contributed by atoms with Crippen LogP contribution in [0.5, 0.6) is 0 Å². The molecule has 0 atom stereocenters. The zero-order chi connectivity index (χ0) is 14.9. The molecule has 0 saturated carbocycles. The fraction of sp³-hybridized carbons (Fsp3) is 0.231. The van der Waals surface area contributed by atoms with Crippen molar-refractivity contribution in [3.63, 3.8) is 0 Å². The predicted octanol–water partition coefficient (Wildman–Crippen LogP) is 1.50. The van der Waals surface area contributed by atoms with E-state index in [0.717, 1.165) is 4.31 Å². The Labute approximate surface area is 118 Å². The highest BCUT2D eigenvalue weighted by molar-refractivity contribution is 7.92.